The van der Waals surface area contributed by atoms with Gasteiger partial charge >= 0.3 is 0 Å². The van der Waals surface area contributed by atoms with E-state index < -0.39 is 0 Å². The zero-order valence-electron chi connectivity index (χ0n) is 6.64. The number of pyridine rings is 1. The molecule has 0 fully saturated rings. The molecule has 3 rings (SSSR count). The van der Waals surface area contributed by atoms with Crippen molar-refractivity contribution in [1.29, 1.82) is 0 Å². The van der Waals surface area contributed by atoms with E-state index >= 15 is 0 Å². The fourth-order valence-electron chi connectivity index (χ4n) is 1.52. The second-order valence-electron chi connectivity index (χ2n) is 2.89. The summed E-state index contributed by atoms with van der Waals surface area (Å²) in [5.74, 6) is 0. The van der Waals surface area contributed by atoms with Crippen LogP contribution in [0.1, 0.15) is 0 Å². The van der Waals surface area contributed by atoms with Crippen molar-refractivity contribution in [3.63, 3.8) is 0 Å². The molecule has 0 saturated heterocycles. The summed E-state index contributed by atoms with van der Waals surface area (Å²) in [7, 11) is 0. The van der Waals surface area contributed by atoms with Crippen LogP contribution in [0.5, 0.6) is 0 Å². The van der Waals surface area contributed by atoms with Crippen LogP contribution < -0.4 is 5.56 Å². The lowest BCUT2D eigenvalue weighted by molar-refractivity contribution is 0.836. The van der Waals surface area contributed by atoms with Crippen molar-refractivity contribution >= 4 is 16.4 Å². The zero-order chi connectivity index (χ0) is 8.84. The highest BCUT2D eigenvalue weighted by Crippen LogP contribution is 2.15. The number of rotatable bonds is 0. The van der Waals surface area contributed by atoms with Gasteiger partial charge in [-0.25, -0.2) is 0 Å². The summed E-state index contributed by atoms with van der Waals surface area (Å²) >= 11 is 0. The molecule has 0 N–H and O–H groups in total. The van der Waals surface area contributed by atoms with E-state index in [-0.39, 0.29) is 5.56 Å². The quantitative estimate of drug-likeness (QED) is 0.499. The minimum atomic E-state index is -0.138. The van der Waals surface area contributed by atoms with Crippen LogP contribution in [0.25, 0.3) is 16.4 Å². The van der Waals surface area contributed by atoms with Crippen LogP contribution in [-0.4, -0.2) is 14.8 Å². The highest BCUT2D eigenvalue weighted by atomic mass is 16.1. The van der Waals surface area contributed by atoms with E-state index in [0.29, 0.717) is 0 Å². The maximum absolute atomic E-state index is 11.3. The van der Waals surface area contributed by atoms with Crippen LogP contribution in [-0.2, 0) is 0 Å². The van der Waals surface area contributed by atoms with E-state index in [0.717, 1.165) is 16.4 Å². The van der Waals surface area contributed by atoms with E-state index in [1.165, 1.54) is 10.6 Å². The predicted octanol–water partition coefficient (Wildman–Crippen LogP) is 0.680. The molecule has 62 valence electrons. The molecule has 0 radical (unpaired) electrons. The van der Waals surface area contributed by atoms with Crippen molar-refractivity contribution in [3.05, 3.63) is 40.7 Å². The second-order valence-corrected chi connectivity index (χ2v) is 2.89. The lowest BCUT2D eigenvalue weighted by atomic mass is 10.2. The van der Waals surface area contributed by atoms with Gasteiger partial charge in [-0.15, -0.1) is 5.10 Å². The van der Waals surface area contributed by atoms with E-state index in [2.05, 4.69) is 10.3 Å². The molecule has 0 atom stereocenters. The molecule has 0 saturated carbocycles. The molecule has 0 amide bonds. The van der Waals surface area contributed by atoms with Gasteiger partial charge in [0.1, 0.15) is 11.0 Å². The Labute approximate surface area is 72.8 Å². The SMILES string of the molecule is O=c1ccc2cccc3nnn1c23. The first-order valence-corrected chi connectivity index (χ1v) is 3.93. The summed E-state index contributed by atoms with van der Waals surface area (Å²) in [6.45, 7) is 0. The molecule has 13 heavy (non-hydrogen) atoms. The number of hydrogen-bond donors (Lipinski definition) is 0. The van der Waals surface area contributed by atoms with Gasteiger partial charge in [0.05, 0.1) is 0 Å². The summed E-state index contributed by atoms with van der Waals surface area (Å²) in [6.07, 6.45) is 0. The first-order valence-electron chi connectivity index (χ1n) is 3.93. The number of aromatic nitrogens is 3. The van der Waals surface area contributed by atoms with Gasteiger partial charge < -0.3 is 0 Å². The van der Waals surface area contributed by atoms with Crippen LogP contribution in [0, 0.1) is 0 Å². The Bertz CT molecular complexity index is 629. The van der Waals surface area contributed by atoms with Gasteiger partial charge in [0.25, 0.3) is 5.56 Å². The minimum absolute atomic E-state index is 0.138. The van der Waals surface area contributed by atoms with Gasteiger partial charge in [-0.2, -0.15) is 4.52 Å². The van der Waals surface area contributed by atoms with Crippen LogP contribution in [0.3, 0.4) is 0 Å². The number of benzene rings is 1. The Hall–Kier alpha value is -1.97. The van der Waals surface area contributed by atoms with E-state index in [1.807, 2.05) is 18.2 Å². The molecule has 3 aromatic rings. The van der Waals surface area contributed by atoms with E-state index in [4.69, 9.17) is 0 Å². The molecule has 0 aliphatic rings. The lowest BCUT2D eigenvalue weighted by Crippen LogP contribution is -2.11. The lowest BCUT2D eigenvalue weighted by Gasteiger charge is -1.93. The van der Waals surface area contributed by atoms with E-state index in [9.17, 15) is 4.79 Å². The average Bonchev–Trinajstić information content (AvgIpc) is 2.57. The molecular formula is C9H5N3O. The third-order valence-corrected chi connectivity index (χ3v) is 2.11. The minimum Gasteiger partial charge on any atom is -0.267 e. The molecule has 0 unspecified atom stereocenters. The van der Waals surface area contributed by atoms with Crippen molar-refractivity contribution in [2.45, 2.75) is 0 Å². The summed E-state index contributed by atoms with van der Waals surface area (Å²) in [5.41, 5.74) is 1.42. The second kappa shape index (κ2) is 2.04. The zero-order valence-corrected chi connectivity index (χ0v) is 6.64. The Morgan fingerprint density at radius 1 is 1.15 bits per heavy atom. The van der Waals surface area contributed by atoms with Gasteiger partial charge in [0, 0.05) is 11.5 Å². The average molecular weight is 171 g/mol. The number of hydrogen-bond acceptors (Lipinski definition) is 3. The molecule has 0 bridgehead atoms. The van der Waals surface area contributed by atoms with Gasteiger partial charge in [-0.05, 0) is 12.1 Å². The maximum Gasteiger partial charge on any atom is 0.272 e. The standard InChI is InChI=1S/C9H5N3O/c13-8-5-4-6-2-1-3-7-9(6)12(8)11-10-7/h1-5H. The van der Waals surface area contributed by atoms with Gasteiger partial charge in [-0.1, -0.05) is 17.3 Å². The fourth-order valence-corrected chi connectivity index (χ4v) is 1.52. The van der Waals surface area contributed by atoms with Crippen molar-refractivity contribution in [1.82, 2.24) is 14.8 Å². The Morgan fingerprint density at radius 2 is 2.08 bits per heavy atom. The third kappa shape index (κ3) is 0.717. The number of para-hydroxylation sites is 1. The summed E-state index contributed by atoms with van der Waals surface area (Å²) < 4.78 is 1.32. The van der Waals surface area contributed by atoms with Crippen molar-refractivity contribution in [3.8, 4) is 0 Å². The predicted molar refractivity (Wildman–Crippen MR) is 47.9 cm³/mol. The van der Waals surface area contributed by atoms with Crippen molar-refractivity contribution in [2.24, 2.45) is 0 Å². The molecule has 1 aromatic carbocycles. The van der Waals surface area contributed by atoms with Crippen molar-refractivity contribution in [2.75, 3.05) is 0 Å². The normalized spacial score (nSPS) is 11.4. The Balaban J connectivity index is 2.81. The maximum atomic E-state index is 11.3. The molecule has 0 aliphatic heterocycles. The molecule has 4 heteroatoms. The van der Waals surface area contributed by atoms with Crippen LogP contribution in [0.15, 0.2) is 35.1 Å². The smallest absolute Gasteiger partial charge is 0.267 e. The molecule has 4 nitrogen and oxygen atoms in total. The summed E-state index contributed by atoms with van der Waals surface area (Å²) in [5, 5.41) is 8.65. The monoisotopic (exact) mass is 171 g/mol. The van der Waals surface area contributed by atoms with E-state index in [1.54, 1.807) is 6.07 Å². The third-order valence-electron chi connectivity index (χ3n) is 2.11. The highest BCUT2D eigenvalue weighted by Gasteiger charge is 2.05. The topological polar surface area (TPSA) is 47.3 Å². The Kier molecular flexibility index (Phi) is 1.02. The fraction of sp³-hybridized carbons (Fsp3) is 0. The summed E-state index contributed by atoms with van der Waals surface area (Å²) in [4.78, 5) is 11.3. The highest BCUT2D eigenvalue weighted by molar-refractivity contribution is 5.92. The van der Waals surface area contributed by atoms with Crippen LogP contribution >= 0.6 is 0 Å². The van der Waals surface area contributed by atoms with Crippen molar-refractivity contribution < 1.29 is 0 Å². The molecule has 2 heterocycles. The number of nitrogens with zero attached hydrogens (tertiary/aromatic N) is 3. The molecular weight excluding hydrogens is 166 g/mol. The van der Waals surface area contributed by atoms with Crippen LogP contribution in [0.2, 0.25) is 0 Å². The molecule has 2 aromatic heterocycles. The van der Waals surface area contributed by atoms with Gasteiger partial charge in [0.15, 0.2) is 0 Å². The molecule has 0 aliphatic carbocycles. The Morgan fingerprint density at radius 3 is 3.00 bits per heavy atom. The van der Waals surface area contributed by atoms with Gasteiger partial charge in [-0.3, -0.25) is 4.79 Å². The van der Waals surface area contributed by atoms with Gasteiger partial charge in [0.2, 0.25) is 0 Å². The largest absolute Gasteiger partial charge is 0.272 e. The first kappa shape index (κ1) is 6.54. The summed E-state index contributed by atoms with van der Waals surface area (Å²) in [6, 6.07) is 8.96. The first-order chi connectivity index (χ1) is 6.36. The molecule has 0 spiro atoms. The van der Waals surface area contributed by atoms with Crippen LogP contribution in [0.4, 0.5) is 0 Å².